The minimum absolute atomic E-state index is 0.0479. The molecule has 0 saturated heterocycles. The van der Waals surface area contributed by atoms with Gasteiger partial charge in [-0.1, -0.05) is 42.0 Å². The Bertz CT molecular complexity index is 1250. The molecule has 3 aliphatic carbocycles. The van der Waals surface area contributed by atoms with E-state index in [4.69, 9.17) is 10.7 Å². The number of anilines is 1. The summed E-state index contributed by atoms with van der Waals surface area (Å²) in [6, 6.07) is 2.19. The van der Waals surface area contributed by atoms with Crippen molar-refractivity contribution in [1.29, 1.82) is 0 Å². The van der Waals surface area contributed by atoms with Crippen molar-refractivity contribution in [1.82, 2.24) is 20.3 Å². The highest BCUT2D eigenvalue weighted by Crippen LogP contribution is 2.42. The Balaban J connectivity index is 1.45. The van der Waals surface area contributed by atoms with Gasteiger partial charge in [-0.3, -0.25) is 0 Å². The number of pyridine rings is 1. The van der Waals surface area contributed by atoms with Crippen molar-refractivity contribution in [3.63, 3.8) is 0 Å². The number of carbonyl (C=O) groups excluding carboxylic acids is 1. The lowest BCUT2D eigenvalue weighted by Gasteiger charge is -2.44. The van der Waals surface area contributed by atoms with Gasteiger partial charge in [0.15, 0.2) is 12.6 Å². The molecule has 0 spiro atoms. The molecular formula is C28H33N6O+. The molecule has 1 amide bonds. The van der Waals surface area contributed by atoms with Crippen LogP contribution in [0.1, 0.15) is 56.2 Å². The Morgan fingerprint density at radius 2 is 2.03 bits per heavy atom. The zero-order valence-corrected chi connectivity index (χ0v) is 20.3. The van der Waals surface area contributed by atoms with Crippen LogP contribution in [0.15, 0.2) is 54.3 Å². The lowest BCUT2D eigenvalue weighted by Crippen LogP contribution is -2.52. The maximum Gasteiger partial charge on any atom is 0.399 e. The number of hydrogen-bond acceptors (Lipinski definition) is 6. The molecule has 3 aliphatic rings. The Hall–Kier alpha value is -3.45. The van der Waals surface area contributed by atoms with Crippen LogP contribution in [-0.2, 0) is 4.79 Å². The molecule has 2 heterocycles. The van der Waals surface area contributed by atoms with Gasteiger partial charge in [0.25, 0.3) is 0 Å². The summed E-state index contributed by atoms with van der Waals surface area (Å²) in [7, 11) is 0. The van der Waals surface area contributed by atoms with Crippen molar-refractivity contribution in [2.45, 2.75) is 50.5 Å². The number of nitrogens with zero attached hydrogens (tertiary/aromatic N) is 3. The summed E-state index contributed by atoms with van der Waals surface area (Å²) in [6.07, 6.45) is 20.7. The number of carbonyl (C=O) groups is 1. The Kier molecular flexibility index (Phi) is 6.43. The predicted molar refractivity (Wildman–Crippen MR) is 140 cm³/mol. The molecule has 7 nitrogen and oxygen atoms in total. The number of hydrogen-bond donors (Lipinski definition) is 3. The fourth-order valence-corrected chi connectivity index (χ4v) is 5.09. The zero-order chi connectivity index (χ0) is 24.4. The number of nitrogens with one attached hydrogen (secondary N) is 2. The Labute approximate surface area is 206 Å². The fourth-order valence-electron chi connectivity index (χ4n) is 5.09. The molecule has 2 atom stereocenters. The van der Waals surface area contributed by atoms with Crippen LogP contribution >= 0.6 is 0 Å². The van der Waals surface area contributed by atoms with Crippen molar-refractivity contribution < 1.29 is 4.79 Å². The number of amides is 1. The molecule has 1 fully saturated rings. The summed E-state index contributed by atoms with van der Waals surface area (Å²) in [4.78, 5) is 25.1. The van der Waals surface area contributed by atoms with Gasteiger partial charge in [0.2, 0.25) is 5.95 Å². The van der Waals surface area contributed by atoms with Crippen molar-refractivity contribution in [3.8, 4) is 0 Å². The summed E-state index contributed by atoms with van der Waals surface area (Å²) in [5.74, 6) is 0.831. The maximum atomic E-state index is 11.0. The minimum Gasteiger partial charge on any atom is -0.352 e. The van der Waals surface area contributed by atoms with Gasteiger partial charge in [0.05, 0.1) is 5.69 Å². The van der Waals surface area contributed by atoms with Crippen molar-refractivity contribution in [2.75, 3.05) is 18.4 Å². The van der Waals surface area contributed by atoms with Gasteiger partial charge in [-0.05, 0) is 62.1 Å². The molecular weight excluding hydrogens is 436 g/mol. The van der Waals surface area contributed by atoms with Crippen LogP contribution in [0.2, 0.25) is 0 Å². The second kappa shape index (κ2) is 9.66. The minimum atomic E-state index is -0.305. The number of fused-ring (bicyclic) bond motifs is 1. The second-order valence-corrected chi connectivity index (χ2v) is 9.91. The van der Waals surface area contributed by atoms with E-state index in [2.05, 4.69) is 77.0 Å². The molecule has 1 saturated carbocycles. The SMILES string of the molecule is [CH2+]C(=O)NCCNc1ncc2cc(C3C=CC(C)=CC3)c(C3=CCC(C4(N)CCC4)C=C3)nc2n1. The lowest BCUT2D eigenvalue weighted by molar-refractivity contribution is -0.116. The largest absolute Gasteiger partial charge is 0.399 e. The standard InChI is InChI=1S/C28H32N6O/c1-18-4-6-20(7-5-18)24-16-22-17-32-27(31-15-14-30-19(2)35)34-26(22)33-25(24)21-8-10-23(11-9-21)28(29)12-3-13-28/h4-6,8-10,16-17,20,23H,2-3,7,11-15,29H2,1H3,(H-,30,31,32,33,34,35)/p+1. The van der Waals surface area contributed by atoms with Crippen molar-refractivity contribution in [2.24, 2.45) is 11.7 Å². The zero-order valence-electron chi connectivity index (χ0n) is 20.3. The number of allylic oxidation sites excluding steroid dienone is 7. The second-order valence-electron chi connectivity index (χ2n) is 9.91. The summed E-state index contributed by atoms with van der Waals surface area (Å²) in [5, 5.41) is 6.71. The highest BCUT2D eigenvalue weighted by molar-refractivity contribution is 5.83. The van der Waals surface area contributed by atoms with E-state index in [-0.39, 0.29) is 17.4 Å². The van der Waals surface area contributed by atoms with E-state index in [1.807, 2.05) is 6.20 Å². The number of rotatable bonds is 7. The third-order valence-electron chi connectivity index (χ3n) is 7.41. The van der Waals surface area contributed by atoms with E-state index >= 15 is 0 Å². The summed E-state index contributed by atoms with van der Waals surface area (Å²) >= 11 is 0. The van der Waals surface area contributed by atoms with E-state index in [1.54, 1.807) is 0 Å². The average molecular weight is 470 g/mol. The van der Waals surface area contributed by atoms with Gasteiger partial charge in [0.1, 0.15) is 0 Å². The van der Waals surface area contributed by atoms with Crippen LogP contribution in [0.25, 0.3) is 16.6 Å². The van der Waals surface area contributed by atoms with Gasteiger partial charge in [0, 0.05) is 36.1 Å². The van der Waals surface area contributed by atoms with Crippen LogP contribution in [0.5, 0.6) is 0 Å². The van der Waals surface area contributed by atoms with E-state index < -0.39 is 0 Å². The molecule has 2 aromatic rings. The fraction of sp³-hybridized carbons (Fsp3) is 0.393. The molecule has 2 aromatic heterocycles. The third kappa shape index (κ3) is 5.00. The van der Waals surface area contributed by atoms with Gasteiger partial charge in [-0.25, -0.2) is 14.8 Å². The third-order valence-corrected chi connectivity index (χ3v) is 7.41. The Morgan fingerprint density at radius 3 is 2.69 bits per heavy atom. The summed E-state index contributed by atoms with van der Waals surface area (Å²) in [6.45, 7) is 6.40. The maximum absolute atomic E-state index is 11.0. The van der Waals surface area contributed by atoms with Crippen LogP contribution < -0.4 is 16.4 Å². The number of nitrogens with two attached hydrogens (primary N) is 1. The van der Waals surface area contributed by atoms with Gasteiger partial charge in [-0.15, -0.1) is 0 Å². The summed E-state index contributed by atoms with van der Waals surface area (Å²) in [5.41, 5.74) is 11.8. The van der Waals surface area contributed by atoms with E-state index in [0.29, 0.717) is 30.6 Å². The van der Waals surface area contributed by atoms with Crippen LogP contribution in [0, 0.1) is 12.8 Å². The number of aromatic nitrogens is 3. The monoisotopic (exact) mass is 469 g/mol. The highest BCUT2D eigenvalue weighted by atomic mass is 16.1. The predicted octanol–water partition coefficient (Wildman–Crippen LogP) is 4.22. The van der Waals surface area contributed by atoms with Crippen LogP contribution in [-0.4, -0.2) is 39.5 Å². The molecule has 2 unspecified atom stereocenters. The van der Waals surface area contributed by atoms with Gasteiger partial charge >= 0.3 is 5.91 Å². The molecule has 0 bridgehead atoms. The first kappa shape index (κ1) is 23.3. The van der Waals surface area contributed by atoms with E-state index in [0.717, 1.165) is 42.3 Å². The first-order valence-corrected chi connectivity index (χ1v) is 12.5. The quantitative estimate of drug-likeness (QED) is 0.414. The molecule has 0 aromatic carbocycles. The smallest absolute Gasteiger partial charge is 0.352 e. The molecule has 4 N–H and O–H groups in total. The first-order valence-electron chi connectivity index (χ1n) is 12.5. The van der Waals surface area contributed by atoms with E-state index in [1.165, 1.54) is 17.6 Å². The van der Waals surface area contributed by atoms with Crippen molar-refractivity contribution in [3.05, 3.63) is 72.5 Å². The summed E-state index contributed by atoms with van der Waals surface area (Å²) < 4.78 is 0. The molecule has 180 valence electrons. The molecule has 0 radical (unpaired) electrons. The average Bonchev–Trinajstić information content (AvgIpc) is 2.85. The van der Waals surface area contributed by atoms with Gasteiger partial charge < -0.3 is 16.4 Å². The van der Waals surface area contributed by atoms with Crippen LogP contribution in [0.4, 0.5) is 5.95 Å². The first-order chi connectivity index (χ1) is 16.9. The molecule has 5 rings (SSSR count). The highest BCUT2D eigenvalue weighted by Gasteiger charge is 2.39. The lowest BCUT2D eigenvalue weighted by atomic mass is 9.66. The molecule has 7 heteroatoms. The molecule has 35 heavy (non-hydrogen) atoms. The van der Waals surface area contributed by atoms with Crippen LogP contribution in [0.3, 0.4) is 0 Å². The van der Waals surface area contributed by atoms with Gasteiger partial charge in [-0.2, -0.15) is 4.98 Å². The van der Waals surface area contributed by atoms with E-state index in [9.17, 15) is 4.79 Å². The van der Waals surface area contributed by atoms with Crippen molar-refractivity contribution >= 4 is 28.5 Å². The normalized spacial score (nSPS) is 22.8. The molecule has 0 aliphatic heterocycles. The topological polar surface area (TPSA) is 106 Å². The Morgan fingerprint density at radius 1 is 1.17 bits per heavy atom.